The van der Waals surface area contributed by atoms with Crippen molar-refractivity contribution in [3.05, 3.63) is 93.0 Å². The lowest BCUT2D eigenvalue weighted by atomic mass is 8.97. The molecule has 0 saturated carbocycles. The summed E-state index contributed by atoms with van der Waals surface area (Å²) in [6.07, 6.45) is -2.73. The third-order valence-electron chi connectivity index (χ3n) is 13.7. The molecule has 8 unspecified atom stereocenters. The minimum absolute atomic E-state index is 0. The summed E-state index contributed by atoms with van der Waals surface area (Å²) in [5.74, 6) is -5.37. The highest BCUT2D eigenvalue weighted by molar-refractivity contribution is 7.70. The number of nitrogens with zero attached hydrogens (tertiary/aromatic N) is 6. The van der Waals surface area contributed by atoms with Gasteiger partial charge >= 0.3 is 36.5 Å². The van der Waals surface area contributed by atoms with E-state index in [2.05, 4.69) is 51.2 Å². The first kappa shape index (κ1) is 74.5. The molecule has 92 heavy (non-hydrogen) atoms. The Kier molecular flexibility index (Phi) is 25.2. The maximum atomic E-state index is 13.4. The zero-order chi connectivity index (χ0) is 67.1. The molecule has 10 atom stereocenters. The molecule has 4 aromatic heterocycles. The van der Waals surface area contributed by atoms with Gasteiger partial charge in [0.05, 0.1) is 44.0 Å². The van der Waals surface area contributed by atoms with E-state index in [1.54, 1.807) is 13.8 Å². The largest absolute Gasteiger partial charge is 0.449 e. The molecule has 2 aromatic carbocycles. The number of alkyl carbamates (subject to hydrolysis) is 1. The van der Waals surface area contributed by atoms with Crippen LogP contribution in [0.4, 0.5) is 16.7 Å². The van der Waals surface area contributed by atoms with Crippen LogP contribution in [0, 0.1) is 5.92 Å². The maximum Gasteiger partial charge on any atom is 0.407 e. The second kappa shape index (κ2) is 31.1. The molecule has 3 aliphatic rings. The molecule has 35 nitrogen and oxygen atoms in total. The number of amides is 4. The predicted octanol–water partition coefficient (Wildman–Crippen LogP) is -0.359. The number of ether oxygens (including phenoxy) is 3. The van der Waals surface area contributed by atoms with Crippen LogP contribution in [0.25, 0.3) is 33.5 Å². The summed E-state index contributed by atoms with van der Waals surface area (Å²) in [6, 6.07) is 11.9. The molecule has 7 radical (unpaired) electrons. The number of rotatable bonds is 22. The van der Waals surface area contributed by atoms with E-state index in [0.29, 0.717) is 0 Å². The molecule has 1 aliphatic carbocycles. The van der Waals surface area contributed by atoms with Crippen molar-refractivity contribution in [2.24, 2.45) is 11.7 Å². The van der Waals surface area contributed by atoms with Crippen LogP contribution in [0.15, 0.2) is 70.8 Å². The van der Waals surface area contributed by atoms with E-state index in [1.807, 2.05) is 48.5 Å². The van der Waals surface area contributed by atoms with Gasteiger partial charge in [-0.1, -0.05) is 69.8 Å². The van der Waals surface area contributed by atoms with E-state index in [0.717, 1.165) is 22.3 Å². The van der Waals surface area contributed by atoms with Crippen molar-refractivity contribution in [3.63, 3.8) is 0 Å². The molecule has 0 spiro atoms. The Balaban J connectivity index is 0.000000300. The van der Waals surface area contributed by atoms with E-state index < -0.39 is 151 Å². The van der Waals surface area contributed by atoms with Gasteiger partial charge in [-0.25, -0.2) is 14.8 Å². The fraction of sp³-hybridized carbons (Fsp3) is 0.458. The quantitative estimate of drug-likeness (QED) is 0.0305. The Hall–Kier alpha value is -6.58. The number of hydrogen-bond donors (Lipinski definition) is 14. The number of benzene rings is 2. The number of nitrogens with two attached hydrogens (primary N) is 2. The first-order valence-electron chi connectivity index (χ1n) is 27.4. The number of imidazole rings is 2. The zero-order valence-corrected chi connectivity index (χ0v) is 52.4. The maximum absolute atomic E-state index is 13.4. The number of fused-ring (bicyclic) bond motifs is 5. The van der Waals surface area contributed by atoms with Crippen LogP contribution in [-0.2, 0) is 55.9 Å². The van der Waals surface area contributed by atoms with Gasteiger partial charge < -0.3 is 80.0 Å². The Morgan fingerprint density at radius 3 is 1.62 bits per heavy atom. The van der Waals surface area contributed by atoms with Crippen LogP contribution < -0.4 is 43.9 Å². The monoisotopic (exact) mass is 1350 g/mol. The number of H-pyrrole nitrogens is 2. The minimum atomic E-state index is -4.95. The number of aromatic amines is 2. The Bertz CT molecular complexity index is 3920. The average Bonchev–Trinajstić information content (AvgIpc) is 1.64. The molecule has 0 bridgehead atoms. The SMILES string of the molecule is C.CC(C)C(=O)Nc1nc2c(ncn2C2C[C@H](NC(=O)C(C)NC(=O)OCC3c4ccccc4-c4ccccc43)C(COP(=O)(O)CP(=O)(O)O)O2)c(=O)[nH]1.CC(N)C(=O)N[C@H]1CC(n2cnc3c(=O)[nH]c(N)nc32)OC1COP(=O)(O)CP(=O)(O)O.[B][B]B([B])[B]. The molecule has 44 heteroatoms. The molecular weight excluding hydrogens is 1290 g/mol. The van der Waals surface area contributed by atoms with Crippen LogP contribution >= 0.6 is 30.4 Å². The van der Waals surface area contributed by atoms with Crippen LogP contribution in [0.2, 0.25) is 0 Å². The van der Waals surface area contributed by atoms with Gasteiger partial charge in [0.25, 0.3) is 11.1 Å². The highest BCUT2D eigenvalue weighted by Crippen LogP contribution is 2.57. The first-order chi connectivity index (χ1) is 42.5. The van der Waals surface area contributed by atoms with Crippen molar-refractivity contribution in [3.8, 4) is 11.1 Å². The van der Waals surface area contributed by atoms with Crippen molar-refractivity contribution in [2.75, 3.05) is 42.7 Å². The van der Waals surface area contributed by atoms with Crippen molar-refractivity contribution in [1.82, 2.24) is 55.0 Å². The number of aromatic nitrogens is 8. The van der Waals surface area contributed by atoms with Gasteiger partial charge in [0.2, 0.25) is 29.6 Å². The van der Waals surface area contributed by atoms with Crippen LogP contribution in [0.1, 0.15) is 77.5 Å². The molecule has 489 valence electrons. The van der Waals surface area contributed by atoms with Gasteiger partial charge in [-0.15, -0.1) is 0 Å². The van der Waals surface area contributed by atoms with Gasteiger partial charge in [-0.3, -0.25) is 66.7 Å². The summed E-state index contributed by atoms with van der Waals surface area (Å²) in [5.41, 5.74) is 14.1. The van der Waals surface area contributed by atoms with E-state index >= 15 is 0 Å². The van der Waals surface area contributed by atoms with Crippen molar-refractivity contribution < 1.29 is 90.1 Å². The Labute approximate surface area is 529 Å². The van der Waals surface area contributed by atoms with E-state index in [-0.39, 0.29) is 67.0 Å². The first-order valence-corrected chi connectivity index (χ1v) is 34.5. The number of carbonyl (C=O) groups excluding carboxylic acids is 4. The molecule has 2 fully saturated rings. The second-order valence-corrected chi connectivity index (χ2v) is 29.3. The lowest BCUT2D eigenvalue weighted by Crippen LogP contribution is -2.51. The van der Waals surface area contributed by atoms with E-state index in [4.69, 9.17) is 67.7 Å². The van der Waals surface area contributed by atoms with Crippen molar-refractivity contribution in [1.29, 1.82) is 0 Å². The molecule has 4 amide bonds. The van der Waals surface area contributed by atoms with Gasteiger partial charge in [0, 0.05) is 61.3 Å². The summed E-state index contributed by atoms with van der Waals surface area (Å²) in [5, 5.41) is 10.4. The molecule has 6 heterocycles. The lowest BCUT2D eigenvalue weighted by molar-refractivity contribution is -0.124. The van der Waals surface area contributed by atoms with E-state index in [9.17, 15) is 66.6 Å². The van der Waals surface area contributed by atoms with Gasteiger partial charge in [0.1, 0.15) is 37.3 Å². The van der Waals surface area contributed by atoms with Gasteiger partial charge in [0.15, 0.2) is 34.1 Å². The molecule has 9 rings (SSSR count). The topological polar surface area (TPSA) is 531 Å². The van der Waals surface area contributed by atoms with Crippen LogP contribution in [0.3, 0.4) is 0 Å². The summed E-state index contributed by atoms with van der Waals surface area (Å²) >= 11 is 0. The second-order valence-electron chi connectivity index (χ2n) is 21.3. The highest BCUT2D eigenvalue weighted by atomic mass is 31.2. The molecular formula is C48H66B5N14O21P4. The Morgan fingerprint density at radius 2 is 1.17 bits per heavy atom. The van der Waals surface area contributed by atoms with Gasteiger partial charge in [-0.2, -0.15) is 9.97 Å². The molecule has 6 aromatic rings. The number of nitrogens with one attached hydrogen (secondary N) is 6. The minimum Gasteiger partial charge on any atom is -0.449 e. The number of nitrogen functional groups attached to an aromatic ring is 1. The smallest absolute Gasteiger partial charge is 0.407 e. The molecule has 2 aliphatic heterocycles. The predicted molar refractivity (Wildman–Crippen MR) is 337 cm³/mol. The molecule has 16 N–H and O–H groups in total. The fourth-order valence-electron chi connectivity index (χ4n) is 9.46. The summed E-state index contributed by atoms with van der Waals surface area (Å²) in [4.78, 5) is 153. The summed E-state index contributed by atoms with van der Waals surface area (Å²) < 4.78 is 77.0. The van der Waals surface area contributed by atoms with E-state index in [1.165, 1.54) is 42.7 Å². The standard InChI is InChI=1S/C33H39N7O12P2.C14H23N7O9P2.CH4.B5/c1-17(2)29(41)38-32-37-28-27(31(43)39-32)34-15-40(28)26-12-24(25(52-26)14-51-54(48,49)16-53(45,46)47)36-30(42)18(3)35-33(44)50-13-23-21-10-6-4-8-19(21)20-9-5-7-11-22(20)23;1-6(15)12(22)18-7-2-9(21-4-17-10-11(21)19-14(16)20-13(10)23)30-8(7)3-29-32(27,28)5-31(24,25)26;;1-4-5(2)3/h4-11,15,17-18,23-26H,12-14,16H2,1-3H3,(H,35,44)(H,36,42)(H,48,49)(H2,45,46,47)(H2,37,38,39,41,43);4,6-9H,2-3,5,15H2,1H3,(H,18,22)(H,27,28)(H2,24,25,26)(H3,16,19,20,23);1H4;/t18?,24-,25?,26?;6?,7-,8?,9?;;/m00../s1. The van der Waals surface area contributed by atoms with Crippen molar-refractivity contribution in [2.45, 2.75) is 103 Å². The third-order valence-corrected chi connectivity index (χ3v) is 20.6. The van der Waals surface area contributed by atoms with Crippen LogP contribution in [-0.4, -0.2) is 197 Å². The van der Waals surface area contributed by atoms with Gasteiger partial charge in [-0.05, 0) is 36.1 Å². The highest BCUT2D eigenvalue weighted by Gasteiger charge is 2.43. The zero-order valence-electron chi connectivity index (χ0n) is 48.8. The van der Waals surface area contributed by atoms with Crippen molar-refractivity contribution >= 4 is 125 Å². The number of hydrogen-bond acceptors (Lipinski definition) is 21. The number of anilines is 2. The molecule has 2 saturated heterocycles. The lowest BCUT2D eigenvalue weighted by Gasteiger charge is -2.23. The third kappa shape index (κ3) is 20.0. The summed E-state index contributed by atoms with van der Waals surface area (Å²) in [7, 11) is -3.44. The average molecular weight is 1350 g/mol. The number of carbonyl (C=O) groups is 4. The fourth-order valence-corrected chi connectivity index (χ4v) is 14.6. The van der Waals surface area contributed by atoms with Crippen LogP contribution in [0.5, 0.6) is 0 Å². The normalized spacial score (nSPS) is 20.5. The summed E-state index contributed by atoms with van der Waals surface area (Å²) in [6.45, 7) is 4.93. The Morgan fingerprint density at radius 1 is 0.728 bits per heavy atom.